The standard InChI is InChI=1S/C5H9NO/c7-5-6-3-1-2-4-6/h1,3,7H,2,4-5H2. The van der Waals surface area contributed by atoms with E-state index in [1.165, 1.54) is 0 Å². The van der Waals surface area contributed by atoms with E-state index in [9.17, 15) is 0 Å². The van der Waals surface area contributed by atoms with Crippen LogP contribution >= 0.6 is 0 Å². The van der Waals surface area contributed by atoms with Crippen molar-refractivity contribution in [1.82, 2.24) is 4.90 Å². The van der Waals surface area contributed by atoms with Crippen LogP contribution in [0.5, 0.6) is 0 Å². The molecule has 0 bridgehead atoms. The molecule has 0 aromatic carbocycles. The lowest BCUT2D eigenvalue weighted by atomic mass is 10.5. The molecule has 0 saturated carbocycles. The summed E-state index contributed by atoms with van der Waals surface area (Å²) in [7, 11) is 0. The van der Waals surface area contributed by atoms with Gasteiger partial charge in [-0.15, -0.1) is 0 Å². The maximum Gasteiger partial charge on any atom is 0.115 e. The minimum absolute atomic E-state index is 0.163. The van der Waals surface area contributed by atoms with Crippen molar-refractivity contribution in [3.8, 4) is 0 Å². The van der Waals surface area contributed by atoms with Crippen LogP contribution in [-0.2, 0) is 0 Å². The topological polar surface area (TPSA) is 23.5 Å². The zero-order valence-corrected chi connectivity index (χ0v) is 4.17. The smallest absolute Gasteiger partial charge is 0.115 e. The summed E-state index contributed by atoms with van der Waals surface area (Å²) < 4.78 is 0. The quantitative estimate of drug-likeness (QED) is 0.506. The van der Waals surface area contributed by atoms with Gasteiger partial charge in [0.15, 0.2) is 0 Å². The van der Waals surface area contributed by atoms with Crippen LogP contribution < -0.4 is 0 Å². The van der Waals surface area contributed by atoms with Crippen LogP contribution in [0.15, 0.2) is 12.3 Å². The molecule has 2 heteroatoms. The zero-order chi connectivity index (χ0) is 5.11. The summed E-state index contributed by atoms with van der Waals surface area (Å²) in [4.78, 5) is 1.86. The third kappa shape index (κ3) is 0.933. The molecule has 0 radical (unpaired) electrons. The van der Waals surface area contributed by atoms with Gasteiger partial charge in [-0.1, -0.05) is 6.08 Å². The van der Waals surface area contributed by atoms with E-state index in [0.29, 0.717) is 0 Å². The molecule has 40 valence electrons. The Morgan fingerprint density at radius 1 is 1.71 bits per heavy atom. The van der Waals surface area contributed by atoms with Crippen molar-refractivity contribution < 1.29 is 5.11 Å². The number of hydrogen-bond donors (Lipinski definition) is 1. The van der Waals surface area contributed by atoms with Gasteiger partial charge in [-0.25, -0.2) is 0 Å². The zero-order valence-electron chi connectivity index (χ0n) is 4.17. The second-order valence-corrected chi connectivity index (χ2v) is 1.63. The van der Waals surface area contributed by atoms with Gasteiger partial charge in [-0.2, -0.15) is 0 Å². The van der Waals surface area contributed by atoms with Crippen molar-refractivity contribution in [1.29, 1.82) is 0 Å². The van der Waals surface area contributed by atoms with Crippen LogP contribution in [0.1, 0.15) is 6.42 Å². The van der Waals surface area contributed by atoms with Crippen LogP contribution in [0.25, 0.3) is 0 Å². The van der Waals surface area contributed by atoms with Crippen LogP contribution in [-0.4, -0.2) is 23.3 Å². The van der Waals surface area contributed by atoms with Crippen LogP contribution in [0.3, 0.4) is 0 Å². The summed E-state index contributed by atoms with van der Waals surface area (Å²) in [6.07, 6.45) is 5.05. The van der Waals surface area contributed by atoms with Crippen molar-refractivity contribution >= 4 is 0 Å². The van der Waals surface area contributed by atoms with Gasteiger partial charge in [0.05, 0.1) is 0 Å². The lowest BCUT2D eigenvalue weighted by molar-refractivity contribution is 0.160. The molecule has 0 unspecified atom stereocenters. The Balaban J connectivity index is 2.28. The van der Waals surface area contributed by atoms with Gasteiger partial charge in [0.25, 0.3) is 0 Å². The summed E-state index contributed by atoms with van der Waals surface area (Å²) in [5.74, 6) is 0. The lowest BCUT2D eigenvalue weighted by Crippen LogP contribution is -2.14. The maximum atomic E-state index is 8.44. The first-order valence-electron chi connectivity index (χ1n) is 2.45. The van der Waals surface area contributed by atoms with Crippen molar-refractivity contribution in [2.45, 2.75) is 6.42 Å². The molecule has 0 aromatic heterocycles. The summed E-state index contributed by atoms with van der Waals surface area (Å²) >= 11 is 0. The number of nitrogens with zero attached hydrogens (tertiary/aromatic N) is 1. The summed E-state index contributed by atoms with van der Waals surface area (Å²) in [6.45, 7) is 1.15. The third-order valence-electron chi connectivity index (χ3n) is 1.08. The number of hydrogen-bond acceptors (Lipinski definition) is 2. The minimum Gasteiger partial charge on any atom is -0.376 e. The Hall–Kier alpha value is -0.500. The first-order chi connectivity index (χ1) is 3.43. The van der Waals surface area contributed by atoms with Crippen LogP contribution in [0, 0.1) is 0 Å². The van der Waals surface area contributed by atoms with Crippen molar-refractivity contribution in [2.24, 2.45) is 0 Å². The fourth-order valence-electron chi connectivity index (χ4n) is 0.656. The molecule has 1 aliphatic heterocycles. The van der Waals surface area contributed by atoms with Crippen molar-refractivity contribution in [3.63, 3.8) is 0 Å². The minimum atomic E-state index is 0.163. The monoisotopic (exact) mass is 99.1 g/mol. The molecule has 0 spiro atoms. The van der Waals surface area contributed by atoms with E-state index < -0.39 is 0 Å². The molecule has 7 heavy (non-hydrogen) atoms. The van der Waals surface area contributed by atoms with Gasteiger partial charge in [0.2, 0.25) is 0 Å². The first kappa shape index (κ1) is 4.65. The molecule has 0 amide bonds. The van der Waals surface area contributed by atoms with E-state index in [1.54, 1.807) is 0 Å². The Labute approximate surface area is 43.1 Å². The normalized spacial score (nSPS) is 18.7. The maximum absolute atomic E-state index is 8.44. The van der Waals surface area contributed by atoms with E-state index in [-0.39, 0.29) is 6.73 Å². The molecule has 2 nitrogen and oxygen atoms in total. The predicted octanol–water partition coefficient (Wildman–Crippen LogP) is 0.156. The van der Waals surface area contributed by atoms with Gasteiger partial charge >= 0.3 is 0 Å². The van der Waals surface area contributed by atoms with Crippen LogP contribution in [0.4, 0.5) is 0 Å². The molecular weight excluding hydrogens is 90.1 g/mol. The predicted molar refractivity (Wildman–Crippen MR) is 27.5 cm³/mol. The van der Waals surface area contributed by atoms with E-state index in [2.05, 4.69) is 6.08 Å². The highest BCUT2D eigenvalue weighted by atomic mass is 16.3. The molecule has 0 fully saturated rings. The van der Waals surface area contributed by atoms with Gasteiger partial charge in [-0.3, -0.25) is 0 Å². The molecule has 1 aliphatic rings. The van der Waals surface area contributed by atoms with E-state index >= 15 is 0 Å². The third-order valence-corrected chi connectivity index (χ3v) is 1.08. The number of aliphatic hydroxyl groups is 1. The Kier molecular flexibility index (Phi) is 1.32. The van der Waals surface area contributed by atoms with Gasteiger partial charge in [0, 0.05) is 6.54 Å². The van der Waals surface area contributed by atoms with Gasteiger partial charge in [0.1, 0.15) is 6.73 Å². The fraction of sp³-hybridized carbons (Fsp3) is 0.600. The molecule has 1 rings (SSSR count). The SMILES string of the molecule is OCN1C=CCC1. The summed E-state index contributed by atoms with van der Waals surface area (Å²) in [5.41, 5.74) is 0. The highest BCUT2D eigenvalue weighted by Gasteiger charge is 1.98. The molecular formula is C5H9NO. The number of aliphatic hydroxyl groups excluding tert-OH is 1. The van der Waals surface area contributed by atoms with E-state index in [0.717, 1.165) is 13.0 Å². The highest BCUT2D eigenvalue weighted by molar-refractivity contribution is 4.89. The molecule has 0 aliphatic carbocycles. The van der Waals surface area contributed by atoms with Gasteiger partial charge < -0.3 is 10.0 Å². The number of rotatable bonds is 1. The first-order valence-corrected chi connectivity index (χ1v) is 2.45. The highest BCUT2D eigenvalue weighted by Crippen LogP contribution is 2.00. The second kappa shape index (κ2) is 1.98. The average Bonchev–Trinajstić information content (AvgIpc) is 2.14. The van der Waals surface area contributed by atoms with Crippen molar-refractivity contribution in [2.75, 3.05) is 13.3 Å². The second-order valence-electron chi connectivity index (χ2n) is 1.63. The van der Waals surface area contributed by atoms with Gasteiger partial charge in [-0.05, 0) is 12.6 Å². The largest absolute Gasteiger partial charge is 0.376 e. The summed E-state index contributed by atoms with van der Waals surface area (Å²) in [5, 5.41) is 8.44. The molecule has 0 atom stereocenters. The Morgan fingerprint density at radius 3 is 2.86 bits per heavy atom. The molecule has 0 saturated heterocycles. The van der Waals surface area contributed by atoms with E-state index in [1.807, 2.05) is 11.1 Å². The van der Waals surface area contributed by atoms with Crippen LogP contribution in [0.2, 0.25) is 0 Å². The molecule has 0 aromatic rings. The molecule has 1 N–H and O–H groups in total. The van der Waals surface area contributed by atoms with E-state index in [4.69, 9.17) is 5.11 Å². The summed E-state index contributed by atoms with van der Waals surface area (Å²) in [6, 6.07) is 0. The lowest BCUT2D eigenvalue weighted by Gasteiger charge is -2.08. The fourth-order valence-corrected chi connectivity index (χ4v) is 0.656. The molecule has 1 heterocycles. The Morgan fingerprint density at radius 2 is 2.57 bits per heavy atom. The Bertz CT molecular complexity index is 80.1. The van der Waals surface area contributed by atoms with Crippen molar-refractivity contribution in [3.05, 3.63) is 12.3 Å². The average molecular weight is 99.1 g/mol.